The number of nitrogens with zero attached hydrogens (tertiary/aromatic N) is 1. The van der Waals surface area contributed by atoms with Gasteiger partial charge in [-0.15, -0.1) is 0 Å². The molecule has 1 heterocycles. The van der Waals surface area contributed by atoms with Crippen LogP contribution in [-0.4, -0.2) is 9.97 Å². The van der Waals surface area contributed by atoms with Gasteiger partial charge in [-0.3, -0.25) is 0 Å². The number of benzene rings is 2. The molecule has 2 aromatic carbocycles. The highest BCUT2D eigenvalue weighted by Gasteiger charge is 2.30. The van der Waals surface area contributed by atoms with Crippen molar-refractivity contribution in [2.24, 2.45) is 0 Å². The van der Waals surface area contributed by atoms with Crippen LogP contribution in [0.2, 0.25) is 5.02 Å². The summed E-state index contributed by atoms with van der Waals surface area (Å²) in [5.74, 6) is 0.465. The summed E-state index contributed by atoms with van der Waals surface area (Å²) in [4.78, 5) is 7.17. The molecule has 0 spiro atoms. The SMILES string of the molecule is FC(F)(F)c1ccc2nc(-c3cc(Cl)cc(Br)c3)[nH]c2c1. The Morgan fingerprint density at radius 2 is 1.86 bits per heavy atom. The lowest BCUT2D eigenvalue weighted by atomic mass is 10.2. The summed E-state index contributed by atoms with van der Waals surface area (Å²) in [5, 5.41) is 0.510. The molecule has 0 bridgehead atoms. The maximum atomic E-state index is 12.7. The third kappa shape index (κ3) is 2.91. The monoisotopic (exact) mass is 374 g/mol. The minimum atomic E-state index is -4.38. The van der Waals surface area contributed by atoms with Gasteiger partial charge in [0.25, 0.3) is 0 Å². The second kappa shape index (κ2) is 5.03. The topological polar surface area (TPSA) is 28.7 Å². The second-order valence-corrected chi connectivity index (χ2v) is 5.83. The fourth-order valence-corrected chi connectivity index (χ4v) is 2.87. The van der Waals surface area contributed by atoms with Crippen molar-refractivity contribution < 1.29 is 13.2 Å². The van der Waals surface area contributed by atoms with E-state index in [1.165, 1.54) is 6.07 Å². The first-order chi connectivity index (χ1) is 9.83. The molecule has 7 heteroatoms. The molecule has 0 saturated carbocycles. The van der Waals surface area contributed by atoms with Crippen LogP contribution in [0.1, 0.15) is 5.56 Å². The number of hydrogen-bond donors (Lipinski definition) is 1. The van der Waals surface area contributed by atoms with E-state index in [4.69, 9.17) is 11.6 Å². The maximum absolute atomic E-state index is 12.7. The zero-order valence-electron chi connectivity index (χ0n) is 10.3. The van der Waals surface area contributed by atoms with Crippen molar-refractivity contribution in [1.82, 2.24) is 9.97 Å². The van der Waals surface area contributed by atoms with Crippen molar-refractivity contribution in [2.45, 2.75) is 6.18 Å². The number of H-pyrrole nitrogens is 1. The van der Waals surface area contributed by atoms with Crippen molar-refractivity contribution in [2.75, 3.05) is 0 Å². The molecule has 3 rings (SSSR count). The smallest absolute Gasteiger partial charge is 0.338 e. The molecule has 0 fully saturated rings. The quantitative estimate of drug-likeness (QED) is 0.584. The number of halogens is 5. The lowest BCUT2D eigenvalue weighted by molar-refractivity contribution is -0.137. The number of imidazole rings is 1. The summed E-state index contributed by atoms with van der Waals surface area (Å²) in [5.41, 5.74) is 0.779. The van der Waals surface area contributed by atoms with E-state index in [1.54, 1.807) is 18.2 Å². The number of hydrogen-bond acceptors (Lipinski definition) is 1. The summed E-state index contributed by atoms with van der Waals surface area (Å²) in [6, 6.07) is 8.60. The number of fused-ring (bicyclic) bond motifs is 1. The summed E-state index contributed by atoms with van der Waals surface area (Å²) in [6.07, 6.45) is -4.38. The first-order valence-corrected chi connectivity index (χ1v) is 7.03. The molecule has 0 aliphatic rings. The predicted octanol–water partition coefficient (Wildman–Crippen LogP) is 5.66. The molecule has 1 aromatic heterocycles. The molecule has 108 valence electrons. The number of rotatable bonds is 1. The molecule has 1 N–H and O–H groups in total. The van der Waals surface area contributed by atoms with E-state index in [0.29, 0.717) is 27.4 Å². The largest absolute Gasteiger partial charge is 0.416 e. The Balaban J connectivity index is 2.13. The Morgan fingerprint density at radius 3 is 2.52 bits per heavy atom. The molecule has 0 saturated heterocycles. The van der Waals surface area contributed by atoms with Crippen LogP contribution in [-0.2, 0) is 6.18 Å². The van der Waals surface area contributed by atoms with Crippen molar-refractivity contribution in [3.05, 3.63) is 51.5 Å². The van der Waals surface area contributed by atoms with E-state index >= 15 is 0 Å². The Labute approximate surface area is 131 Å². The van der Waals surface area contributed by atoms with Gasteiger partial charge < -0.3 is 4.98 Å². The molecule has 2 nitrogen and oxygen atoms in total. The summed E-state index contributed by atoms with van der Waals surface area (Å²) in [6.45, 7) is 0. The Bertz CT molecular complexity index is 806. The van der Waals surface area contributed by atoms with Gasteiger partial charge in [0.2, 0.25) is 0 Å². The van der Waals surface area contributed by atoms with Crippen molar-refractivity contribution in [3.8, 4) is 11.4 Å². The van der Waals surface area contributed by atoms with Gasteiger partial charge in [-0.1, -0.05) is 27.5 Å². The molecule has 0 radical (unpaired) electrons. The van der Waals surface area contributed by atoms with Crippen LogP contribution in [0.5, 0.6) is 0 Å². The van der Waals surface area contributed by atoms with Gasteiger partial charge in [0.05, 0.1) is 16.6 Å². The van der Waals surface area contributed by atoms with Gasteiger partial charge >= 0.3 is 6.18 Å². The molecule has 0 unspecified atom stereocenters. The fourth-order valence-electron chi connectivity index (χ4n) is 2.01. The number of aromatic nitrogens is 2. The average Bonchev–Trinajstić information content (AvgIpc) is 2.79. The van der Waals surface area contributed by atoms with Gasteiger partial charge in [-0.2, -0.15) is 13.2 Å². The molecule has 0 aliphatic heterocycles. The lowest BCUT2D eigenvalue weighted by Crippen LogP contribution is -2.04. The van der Waals surface area contributed by atoms with E-state index in [1.807, 2.05) is 0 Å². The lowest BCUT2D eigenvalue weighted by Gasteiger charge is -2.05. The first kappa shape index (κ1) is 14.4. The maximum Gasteiger partial charge on any atom is 0.416 e. The zero-order valence-corrected chi connectivity index (χ0v) is 12.6. The fraction of sp³-hybridized carbons (Fsp3) is 0.0714. The Morgan fingerprint density at radius 1 is 1.10 bits per heavy atom. The zero-order chi connectivity index (χ0) is 15.2. The van der Waals surface area contributed by atoms with E-state index in [-0.39, 0.29) is 0 Å². The van der Waals surface area contributed by atoms with E-state index < -0.39 is 11.7 Å². The van der Waals surface area contributed by atoms with Gasteiger partial charge in [0.1, 0.15) is 5.82 Å². The van der Waals surface area contributed by atoms with E-state index in [0.717, 1.165) is 16.6 Å². The third-order valence-electron chi connectivity index (χ3n) is 2.95. The molecular formula is C14H7BrClF3N2. The Hall–Kier alpha value is -1.53. The van der Waals surface area contributed by atoms with Crippen LogP contribution < -0.4 is 0 Å². The summed E-state index contributed by atoms with van der Waals surface area (Å²) < 4.78 is 38.8. The highest BCUT2D eigenvalue weighted by molar-refractivity contribution is 9.10. The molecular weight excluding hydrogens is 369 g/mol. The normalized spacial score (nSPS) is 12.0. The average molecular weight is 376 g/mol. The standard InChI is InChI=1S/C14H7BrClF3N2/c15-9-3-7(4-10(16)6-9)13-20-11-2-1-8(14(17,18)19)5-12(11)21-13/h1-6H,(H,20,21). The van der Waals surface area contributed by atoms with Gasteiger partial charge in [0.15, 0.2) is 0 Å². The van der Waals surface area contributed by atoms with Crippen LogP contribution in [0.15, 0.2) is 40.9 Å². The number of nitrogens with one attached hydrogen (secondary N) is 1. The van der Waals surface area contributed by atoms with E-state index in [9.17, 15) is 13.2 Å². The minimum Gasteiger partial charge on any atom is -0.338 e. The summed E-state index contributed by atoms with van der Waals surface area (Å²) >= 11 is 9.28. The van der Waals surface area contributed by atoms with Crippen molar-refractivity contribution in [1.29, 1.82) is 0 Å². The molecule has 3 aromatic rings. The second-order valence-electron chi connectivity index (χ2n) is 4.47. The Kier molecular flexibility index (Phi) is 3.45. The van der Waals surface area contributed by atoms with Crippen LogP contribution in [0.3, 0.4) is 0 Å². The number of alkyl halides is 3. The molecule has 21 heavy (non-hydrogen) atoms. The van der Waals surface area contributed by atoms with E-state index in [2.05, 4.69) is 25.9 Å². The highest BCUT2D eigenvalue weighted by Crippen LogP contribution is 2.32. The van der Waals surface area contributed by atoms with Crippen LogP contribution >= 0.6 is 27.5 Å². The van der Waals surface area contributed by atoms with Gasteiger partial charge in [-0.05, 0) is 36.4 Å². The van der Waals surface area contributed by atoms with Gasteiger partial charge in [-0.25, -0.2) is 4.98 Å². The molecule has 0 amide bonds. The van der Waals surface area contributed by atoms with Crippen LogP contribution in [0.4, 0.5) is 13.2 Å². The first-order valence-electron chi connectivity index (χ1n) is 5.86. The minimum absolute atomic E-state index is 0.330. The van der Waals surface area contributed by atoms with Crippen LogP contribution in [0, 0.1) is 0 Å². The highest BCUT2D eigenvalue weighted by atomic mass is 79.9. The van der Waals surface area contributed by atoms with Crippen molar-refractivity contribution >= 4 is 38.6 Å². The third-order valence-corrected chi connectivity index (χ3v) is 3.62. The molecule has 0 atom stereocenters. The van der Waals surface area contributed by atoms with Crippen molar-refractivity contribution in [3.63, 3.8) is 0 Å². The molecule has 0 aliphatic carbocycles. The van der Waals surface area contributed by atoms with Gasteiger partial charge in [0, 0.05) is 15.1 Å². The predicted molar refractivity (Wildman–Crippen MR) is 79.2 cm³/mol. The number of aromatic amines is 1. The van der Waals surface area contributed by atoms with Crippen LogP contribution in [0.25, 0.3) is 22.4 Å². The summed E-state index contributed by atoms with van der Waals surface area (Å²) in [7, 11) is 0.